The van der Waals surface area contributed by atoms with Crippen LogP contribution in [0.5, 0.6) is 0 Å². The summed E-state index contributed by atoms with van der Waals surface area (Å²) in [5.74, 6) is 0. The fourth-order valence-corrected chi connectivity index (χ4v) is 4.53. The maximum Gasteiger partial charge on any atom is 0.270 e. The predicted octanol–water partition coefficient (Wildman–Crippen LogP) is 3.95. The van der Waals surface area contributed by atoms with Gasteiger partial charge in [0.15, 0.2) is 0 Å². The van der Waals surface area contributed by atoms with Crippen molar-refractivity contribution >= 4 is 52.6 Å². The molecule has 0 saturated carbocycles. The van der Waals surface area contributed by atoms with E-state index >= 15 is 0 Å². The van der Waals surface area contributed by atoms with Crippen molar-refractivity contribution < 1.29 is 8.42 Å². The zero-order valence-electron chi connectivity index (χ0n) is 8.83. The molecular formula is C11H6ClNO2S3. The number of benzene rings is 1. The molecule has 0 aliphatic heterocycles. The molecule has 3 nitrogen and oxygen atoms in total. The molecule has 7 heteroatoms. The number of rotatable bonds is 2. The number of hydrogen-bond donors (Lipinski definition) is 0. The van der Waals surface area contributed by atoms with Crippen LogP contribution in [-0.2, 0) is 9.05 Å². The summed E-state index contributed by atoms with van der Waals surface area (Å²) in [5.41, 5.74) is 1.71. The number of aromatic nitrogens is 1. The third-order valence-corrected chi connectivity index (χ3v) is 6.48. The highest BCUT2D eigenvalue weighted by atomic mass is 35.7. The van der Waals surface area contributed by atoms with Crippen molar-refractivity contribution in [2.24, 2.45) is 0 Å². The summed E-state index contributed by atoms with van der Waals surface area (Å²) in [6.07, 6.45) is 0. The Labute approximate surface area is 116 Å². The zero-order chi connectivity index (χ0) is 12.8. The predicted molar refractivity (Wildman–Crippen MR) is 76.0 cm³/mol. The Kier molecular flexibility index (Phi) is 2.90. The van der Waals surface area contributed by atoms with E-state index < -0.39 is 9.05 Å². The van der Waals surface area contributed by atoms with Gasteiger partial charge in [0.25, 0.3) is 9.05 Å². The molecule has 0 N–H and O–H groups in total. The van der Waals surface area contributed by atoms with Gasteiger partial charge in [-0.15, -0.1) is 22.7 Å². The number of nitrogens with zero attached hydrogens (tertiary/aromatic N) is 1. The topological polar surface area (TPSA) is 47.0 Å². The van der Waals surface area contributed by atoms with Gasteiger partial charge >= 0.3 is 0 Å². The average molecular weight is 316 g/mol. The summed E-state index contributed by atoms with van der Waals surface area (Å²) < 4.78 is 23.6. The Balaban J connectivity index is 2.12. The SMILES string of the molecule is O=S(=O)(Cl)c1cc(-c2nc3ccccc3s2)cs1. The summed E-state index contributed by atoms with van der Waals surface area (Å²) in [6, 6.07) is 9.36. The van der Waals surface area contributed by atoms with E-state index in [1.54, 1.807) is 11.4 Å². The minimum atomic E-state index is -3.65. The van der Waals surface area contributed by atoms with E-state index in [-0.39, 0.29) is 4.21 Å². The second-order valence-corrected chi connectivity index (χ2v) is 8.31. The highest BCUT2D eigenvalue weighted by molar-refractivity contribution is 8.15. The third kappa shape index (κ3) is 2.16. The Morgan fingerprint density at radius 1 is 1.22 bits per heavy atom. The largest absolute Gasteiger partial charge is 0.270 e. The van der Waals surface area contributed by atoms with Crippen LogP contribution in [-0.4, -0.2) is 13.4 Å². The van der Waals surface area contributed by atoms with Gasteiger partial charge in [-0.25, -0.2) is 13.4 Å². The van der Waals surface area contributed by atoms with Gasteiger partial charge in [-0.05, 0) is 18.2 Å². The smallest absolute Gasteiger partial charge is 0.236 e. The second-order valence-electron chi connectivity index (χ2n) is 3.58. The number of fused-ring (bicyclic) bond motifs is 1. The van der Waals surface area contributed by atoms with Gasteiger partial charge in [-0.2, -0.15) is 0 Å². The molecule has 2 aromatic heterocycles. The molecule has 0 bridgehead atoms. The molecule has 3 aromatic rings. The van der Waals surface area contributed by atoms with Gasteiger partial charge in [-0.3, -0.25) is 0 Å². The fourth-order valence-electron chi connectivity index (χ4n) is 1.55. The number of thiophene rings is 1. The number of hydrogen-bond acceptors (Lipinski definition) is 5. The summed E-state index contributed by atoms with van der Waals surface area (Å²) in [4.78, 5) is 4.47. The first-order valence-corrected chi connectivity index (χ1v) is 8.94. The van der Waals surface area contributed by atoms with Crippen LogP contribution in [0.3, 0.4) is 0 Å². The lowest BCUT2D eigenvalue weighted by molar-refractivity contribution is 0.611. The van der Waals surface area contributed by atoms with Crippen molar-refractivity contribution in [1.82, 2.24) is 4.98 Å². The molecule has 0 saturated heterocycles. The van der Waals surface area contributed by atoms with E-state index in [2.05, 4.69) is 4.98 Å². The highest BCUT2D eigenvalue weighted by Gasteiger charge is 2.15. The van der Waals surface area contributed by atoms with Crippen molar-refractivity contribution in [3.8, 4) is 10.6 Å². The molecule has 0 amide bonds. The molecule has 0 atom stereocenters. The van der Waals surface area contributed by atoms with Crippen molar-refractivity contribution in [1.29, 1.82) is 0 Å². The van der Waals surface area contributed by atoms with Crippen LogP contribution in [0.2, 0.25) is 0 Å². The Bertz CT molecular complexity index is 787. The van der Waals surface area contributed by atoms with Gasteiger partial charge in [-0.1, -0.05) is 12.1 Å². The average Bonchev–Trinajstić information content (AvgIpc) is 2.94. The first-order valence-electron chi connectivity index (χ1n) is 4.93. The molecule has 0 aliphatic rings. The molecule has 0 fully saturated rings. The summed E-state index contributed by atoms with van der Waals surface area (Å²) in [7, 11) is 1.65. The van der Waals surface area contributed by atoms with Crippen molar-refractivity contribution in [2.75, 3.05) is 0 Å². The van der Waals surface area contributed by atoms with Crippen LogP contribution in [0.25, 0.3) is 20.8 Å². The van der Waals surface area contributed by atoms with Gasteiger partial charge < -0.3 is 0 Å². The van der Waals surface area contributed by atoms with Crippen LogP contribution < -0.4 is 0 Å². The van der Waals surface area contributed by atoms with E-state index in [9.17, 15) is 8.42 Å². The molecule has 0 aliphatic carbocycles. The third-order valence-electron chi connectivity index (χ3n) is 2.36. The quantitative estimate of drug-likeness (QED) is 0.673. The van der Waals surface area contributed by atoms with Crippen molar-refractivity contribution in [2.45, 2.75) is 4.21 Å². The molecule has 3 rings (SSSR count). The normalized spacial score (nSPS) is 12.1. The lowest BCUT2D eigenvalue weighted by Crippen LogP contribution is -1.83. The molecule has 0 spiro atoms. The maximum absolute atomic E-state index is 11.2. The van der Waals surface area contributed by atoms with Gasteiger partial charge in [0.1, 0.15) is 9.22 Å². The molecule has 0 radical (unpaired) electrons. The minimum Gasteiger partial charge on any atom is -0.236 e. The lowest BCUT2D eigenvalue weighted by Gasteiger charge is -1.87. The zero-order valence-corrected chi connectivity index (χ0v) is 12.0. The van der Waals surface area contributed by atoms with Gasteiger partial charge in [0, 0.05) is 21.6 Å². The van der Waals surface area contributed by atoms with Gasteiger partial charge in [0.2, 0.25) is 0 Å². The van der Waals surface area contributed by atoms with E-state index in [4.69, 9.17) is 10.7 Å². The number of para-hydroxylation sites is 1. The van der Waals surface area contributed by atoms with Crippen LogP contribution >= 0.6 is 33.4 Å². The fraction of sp³-hybridized carbons (Fsp3) is 0. The molecule has 1 aromatic carbocycles. The Morgan fingerprint density at radius 3 is 2.67 bits per heavy atom. The standard InChI is InChI=1S/C11H6ClNO2S3/c12-18(14,15)10-5-7(6-16-10)11-13-8-3-1-2-4-9(8)17-11/h1-6H. The summed E-state index contributed by atoms with van der Waals surface area (Å²) in [5, 5.41) is 2.56. The molecular weight excluding hydrogens is 310 g/mol. The summed E-state index contributed by atoms with van der Waals surface area (Å²) in [6.45, 7) is 0. The molecule has 18 heavy (non-hydrogen) atoms. The van der Waals surface area contributed by atoms with Crippen LogP contribution in [0.1, 0.15) is 0 Å². The Morgan fingerprint density at radius 2 is 2.00 bits per heavy atom. The first kappa shape index (κ1) is 12.1. The van der Waals surface area contributed by atoms with E-state index in [0.717, 1.165) is 32.1 Å². The number of halogens is 1. The Hall–Kier alpha value is -0.950. The second kappa shape index (κ2) is 4.31. The molecule has 92 valence electrons. The molecule has 2 heterocycles. The lowest BCUT2D eigenvalue weighted by atomic mass is 10.3. The maximum atomic E-state index is 11.2. The van der Waals surface area contributed by atoms with Crippen LogP contribution in [0.15, 0.2) is 39.9 Å². The highest BCUT2D eigenvalue weighted by Crippen LogP contribution is 2.34. The summed E-state index contributed by atoms with van der Waals surface area (Å²) >= 11 is 2.64. The van der Waals surface area contributed by atoms with Crippen LogP contribution in [0.4, 0.5) is 0 Å². The van der Waals surface area contributed by atoms with Crippen molar-refractivity contribution in [3.05, 3.63) is 35.7 Å². The van der Waals surface area contributed by atoms with E-state index in [0.29, 0.717) is 0 Å². The molecule has 0 unspecified atom stereocenters. The monoisotopic (exact) mass is 315 g/mol. The van der Waals surface area contributed by atoms with E-state index in [1.807, 2.05) is 24.3 Å². The first-order chi connectivity index (χ1) is 8.54. The number of thiazole rings is 1. The van der Waals surface area contributed by atoms with Crippen LogP contribution in [0, 0.1) is 0 Å². The van der Waals surface area contributed by atoms with Crippen molar-refractivity contribution in [3.63, 3.8) is 0 Å². The minimum absolute atomic E-state index is 0.151. The van der Waals surface area contributed by atoms with E-state index in [1.165, 1.54) is 11.3 Å². The van der Waals surface area contributed by atoms with Gasteiger partial charge in [0.05, 0.1) is 10.2 Å².